The first-order chi connectivity index (χ1) is 21.6. The molecular formula is C32H38N12. The molecule has 0 fully saturated rings. The first-order valence-electron chi connectivity index (χ1n) is 14.9. The minimum Gasteiger partial charge on any atom is -0.341 e. The molecule has 0 saturated carbocycles. The van der Waals surface area contributed by atoms with Gasteiger partial charge in [-0.3, -0.25) is 0 Å². The zero-order valence-electron chi connectivity index (χ0n) is 25.5. The summed E-state index contributed by atoms with van der Waals surface area (Å²) in [5.74, 6) is 3.02. The molecule has 0 bridgehead atoms. The van der Waals surface area contributed by atoms with Gasteiger partial charge in [0.05, 0.1) is 0 Å². The van der Waals surface area contributed by atoms with Crippen LogP contribution in [0.3, 0.4) is 0 Å². The number of para-hydroxylation sites is 2. The summed E-state index contributed by atoms with van der Waals surface area (Å²) in [6.07, 6.45) is 0. The van der Waals surface area contributed by atoms with Crippen LogP contribution in [0.25, 0.3) is 0 Å². The number of nitrogens with one attached hydrogen (secondary N) is 4. The zero-order valence-corrected chi connectivity index (χ0v) is 25.5. The maximum absolute atomic E-state index is 4.69. The number of nitrogens with zero attached hydrogens (tertiary/aromatic N) is 8. The Labute approximate surface area is 258 Å². The largest absolute Gasteiger partial charge is 0.341 e. The number of hydrogen-bond donors (Lipinski definition) is 4. The highest BCUT2D eigenvalue weighted by atomic mass is 15.3. The van der Waals surface area contributed by atoms with Crippen LogP contribution >= 0.6 is 0 Å². The van der Waals surface area contributed by atoms with E-state index in [0.29, 0.717) is 35.7 Å². The fourth-order valence-electron chi connectivity index (χ4n) is 4.45. The van der Waals surface area contributed by atoms with Crippen molar-refractivity contribution in [3.8, 4) is 0 Å². The van der Waals surface area contributed by atoms with Crippen molar-refractivity contribution in [3.05, 3.63) is 84.9 Å². The first-order valence-corrected chi connectivity index (χ1v) is 14.9. The number of anilines is 10. The lowest BCUT2D eigenvalue weighted by atomic mass is 10.3. The van der Waals surface area contributed by atoms with Gasteiger partial charge in [-0.25, -0.2) is 0 Å². The van der Waals surface area contributed by atoms with E-state index in [0.717, 1.165) is 48.9 Å². The van der Waals surface area contributed by atoms with Crippen molar-refractivity contribution in [1.82, 2.24) is 29.9 Å². The maximum atomic E-state index is 4.69. The average Bonchev–Trinajstić information content (AvgIpc) is 3.04. The third kappa shape index (κ3) is 7.85. The van der Waals surface area contributed by atoms with Gasteiger partial charge in [-0.2, -0.15) is 29.9 Å². The highest BCUT2D eigenvalue weighted by Gasteiger charge is 2.14. The second-order valence-corrected chi connectivity index (χ2v) is 9.72. The summed E-state index contributed by atoms with van der Waals surface area (Å²) in [4.78, 5) is 32.1. The smallest absolute Gasteiger partial charge is 0.233 e. The number of rotatable bonds is 14. The van der Waals surface area contributed by atoms with Crippen LogP contribution in [-0.2, 0) is 0 Å². The van der Waals surface area contributed by atoms with Crippen molar-refractivity contribution >= 4 is 58.4 Å². The van der Waals surface area contributed by atoms with E-state index in [1.807, 2.05) is 84.9 Å². The summed E-state index contributed by atoms with van der Waals surface area (Å²) in [5, 5.41) is 13.2. The molecule has 0 aliphatic rings. The monoisotopic (exact) mass is 590 g/mol. The van der Waals surface area contributed by atoms with Crippen molar-refractivity contribution in [2.45, 2.75) is 27.7 Å². The highest BCUT2D eigenvalue weighted by Crippen LogP contribution is 2.24. The summed E-state index contributed by atoms with van der Waals surface area (Å²) in [6.45, 7) is 11.4. The molecule has 226 valence electrons. The Kier molecular flexibility index (Phi) is 9.93. The van der Waals surface area contributed by atoms with Gasteiger partial charge in [0, 0.05) is 48.9 Å². The molecule has 5 aromatic rings. The van der Waals surface area contributed by atoms with Gasteiger partial charge in [-0.15, -0.1) is 0 Å². The Balaban J connectivity index is 1.35. The lowest BCUT2D eigenvalue weighted by Gasteiger charge is -2.20. The van der Waals surface area contributed by atoms with Crippen LogP contribution in [0.2, 0.25) is 0 Å². The Morgan fingerprint density at radius 1 is 0.386 bits per heavy atom. The summed E-state index contributed by atoms with van der Waals surface area (Å²) in [7, 11) is 0. The Bertz CT molecular complexity index is 1480. The lowest BCUT2D eigenvalue weighted by Crippen LogP contribution is -2.25. The summed E-state index contributed by atoms with van der Waals surface area (Å²) in [5.41, 5.74) is 3.44. The highest BCUT2D eigenvalue weighted by molar-refractivity contribution is 5.64. The van der Waals surface area contributed by atoms with Crippen LogP contribution in [0, 0.1) is 0 Å². The minimum absolute atomic E-state index is 0.444. The van der Waals surface area contributed by atoms with Crippen LogP contribution in [0.5, 0.6) is 0 Å². The van der Waals surface area contributed by atoms with E-state index < -0.39 is 0 Å². The zero-order chi connectivity index (χ0) is 30.7. The van der Waals surface area contributed by atoms with E-state index in [1.54, 1.807) is 0 Å². The molecule has 5 rings (SSSR count). The SMILES string of the molecule is CCN(CC)c1nc(Nc2ccccc2)nc(Nc2ccc(Nc3nc(Nc4ccccc4)nc(N(CC)CC)n3)cc2)n1. The quantitative estimate of drug-likeness (QED) is 0.109. The van der Waals surface area contributed by atoms with Gasteiger partial charge in [0.15, 0.2) is 0 Å². The maximum Gasteiger partial charge on any atom is 0.233 e. The Morgan fingerprint density at radius 3 is 0.932 bits per heavy atom. The fraction of sp³-hybridized carbons (Fsp3) is 0.250. The second-order valence-electron chi connectivity index (χ2n) is 9.72. The molecule has 12 nitrogen and oxygen atoms in total. The molecule has 44 heavy (non-hydrogen) atoms. The number of aromatic nitrogens is 6. The standard InChI is InChI=1S/C32H38N12/c1-5-43(6-2)31-39-27(33-23-15-11-9-12-16-23)37-29(41-31)35-25-19-21-26(22-20-25)36-30-38-28(34-24-17-13-10-14-18-24)40-32(42-30)44(7-3)8-4/h9-22H,5-8H2,1-4H3,(H2,33,35,37,39,41)(H2,34,36,38,40,42). The van der Waals surface area contributed by atoms with Gasteiger partial charge >= 0.3 is 0 Å². The second kappa shape index (κ2) is 14.6. The predicted octanol–water partition coefficient (Wildman–Crippen LogP) is 6.72. The molecule has 0 saturated heterocycles. The fourth-order valence-corrected chi connectivity index (χ4v) is 4.45. The van der Waals surface area contributed by atoms with E-state index in [2.05, 4.69) is 88.7 Å². The van der Waals surface area contributed by atoms with Gasteiger partial charge < -0.3 is 31.1 Å². The predicted molar refractivity (Wildman–Crippen MR) is 179 cm³/mol. The van der Waals surface area contributed by atoms with Gasteiger partial charge in [0.2, 0.25) is 35.7 Å². The Hall–Kier alpha value is -5.52. The van der Waals surface area contributed by atoms with Gasteiger partial charge in [0.1, 0.15) is 0 Å². The third-order valence-corrected chi connectivity index (χ3v) is 6.80. The van der Waals surface area contributed by atoms with Gasteiger partial charge in [-0.1, -0.05) is 36.4 Å². The molecule has 0 aliphatic heterocycles. The summed E-state index contributed by atoms with van der Waals surface area (Å²) in [6, 6.07) is 27.5. The van der Waals surface area contributed by atoms with Crippen LogP contribution in [0.4, 0.5) is 58.4 Å². The average molecular weight is 591 g/mol. The van der Waals surface area contributed by atoms with E-state index in [4.69, 9.17) is 0 Å². The molecule has 0 spiro atoms. The molecule has 4 N–H and O–H groups in total. The summed E-state index contributed by atoms with van der Waals surface area (Å²) >= 11 is 0. The molecule has 12 heteroatoms. The van der Waals surface area contributed by atoms with Crippen molar-refractivity contribution in [2.24, 2.45) is 0 Å². The van der Waals surface area contributed by atoms with Gasteiger partial charge in [0.25, 0.3) is 0 Å². The molecule has 3 aromatic carbocycles. The number of benzene rings is 3. The van der Waals surface area contributed by atoms with E-state index in [9.17, 15) is 0 Å². The molecule has 2 heterocycles. The molecule has 0 aliphatic carbocycles. The van der Waals surface area contributed by atoms with E-state index >= 15 is 0 Å². The Morgan fingerprint density at radius 2 is 0.659 bits per heavy atom. The topological polar surface area (TPSA) is 132 Å². The molecular weight excluding hydrogens is 552 g/mol. The van der Waals surface area contributed by atoms with Crippen molar-refractivity contribution < 1.29 is 0 Å². The lowest BCUT2D eigenvalue weighted by molar-refractivity contribution is 0.815. The molecule has 2 aromatic heterocycles. The van der Waals surface area contributed by atoms with Gasteiger partial charge in [-0.05, 0) is 76.2 Å². The van der Waals surface area contributed by atoms with Crippen LogP contribution < -0.4 is 31.1 Å². The van der Waals surface area contributed by atoms with E-state index in [-0.39, 0.29) is 0 Å². The molecule has 0 atom stereocenters. The minimum atomic E-state index is 0.444. The molecule has 0 amide bonds. The van der Waals surface area contributed by atoms with Crippen LogP contribution in [-0.4, -0.2) is 56.1 Å². The van der Waals surface area contributed by atoms with Crippen LogP contribution in [0.1, 0.15) is 27.7 Å². The number of hydrogen-bond acceptors (Lipinski definition) is 12. The first kappa shape index (κ1) is 30.0. The molecule has 0 radical (unpaired) electrons. The van der Waals surface area contributed by atoms with Crippen molar-refractivity contribution in [3.63, 3.8) is 0 Å². The normalized spacial score (nSPS) is 10.6. The van der Waals surface area contributed by atoms with Crippen molar-refractivity contribution in [1.29, 1.82) is 0 Å². The van der Waals surface area contributed by atoms with Crippen molar-refractivity contribution in [2.75, 3.05) is 57.2 Å². The van der Waals surface area contributed by atoms with E-state index in [1.165, 1.54) is 0 Å². The van der Waals surface area contributed by atoms with Crippen LogP contribution in [0.15, 0.2) is 84.9 Å². The summed E-state index contributed by atoms with van der Waals surface area (Å²) < 4.78 is 0. The molecule has 0 unspecified atom stereocenters. The third-order valence-electron chi connectivity index (χ3n) is 6.80.